The molecule has 0 atom stereocenters. The topological polar surface area (TPSA) is 38.7 Å². The normalized spacial score (nSPS) is 13.9. The molecule has 1 heterocycles. The van der Waals surface area contributed by atoms with Crippen LogP contribution in [0.5, 0.6) is 11.5 Å². The summed E-state index contributed by atoms with van der Waals surface area (Å²) in [7, 11) is 0. The highest BCUT2D eigenvalue weighted by atomic mass is 32.2. The highest BCUT2D eigenvalue weighted by Gasteiger charge is 2.18. The standard InChI is InChI=1S/C12H16O3S/c1-16-12-9(3-2-6-13)4-5-10-11(12)15-8-7-14-10/h4-5,13H,2-3,6-8H2,1H3. The third kappa shape index (κ3) is 2.28. The Morgan fingerprint density at radius 1 is 1.31 bits per heavy atom. The molecule has 0 unspecified atom stereocenters. The maximum Gasteiger partial charge on any atom is 0.175 e. The molecule has 1 aliphatic rings. The van der Waals surface area contributed by atoms with Crippen molar-refractivity contribution in [1.29, 1.82) is 0 Å². The van der Waals surface area contributed by atoms with E-state index in [9.17, 15) is 0 Å². The van der Waals surface area contributed by atoms with E-state index in [0.29, 0.717) is 13.2 Å². The molecule has 0 bridgehead atoms. The van der Waals surface area contributed by atoms with E-state index in [1.165, 1.54) is 5.56 Å². The largest absolute Gasteiger partial charge is 0.486 e. The van der Waals surface area contributed by atoms with E-state index in [4.69, 9.17) is 14.6 Å². The quantitative estimate of drug-likeness (QED) is 0.818. The smallest absolute Gasteiger partial charge is 0.175 e. The Morgan fingerprint density at radius 2 is 2.12 bits per heavy atom. The Balaban J connectivity index is 2.31. The SMILES string of the molecule is CSc1c(CCCO)ccc2c1OCCO2. The molecule has 1 aromatic rings. The van der Waals surface area contributed by atoms with E-state index < -0.39 is 0 Å². The van der Waals surface area contributed by atoms with Gasteiger partial charge in [0.1, 0.15) is 13.2 Å². The van der Waals surface area contributed by atoms with Crippen LogP contribution in [0.15, 0.2) is 17.0 Å². The number of fused-ring (bicyclic) bond motifs is 1. The number of rotatable bonds is 4. The van der Waals surface area contributed by atoms with Crippen molar-refractivity contribution < 1.29 is 14.6 Å². The molecule has 0 fully saturated rings. The average molecular weight is 240 g/mol. The molecule has 1 aromatic carbocycles. The van der Waals surface area contributed by atoms with Crippen LogP contribution in [0.1, 0.15) is 12.0 Å². The molecule has 0 amide bonds. The maximum absolute atomic E-state index is 8.87. The summed E-state index contributed by atoms with van der Waals surface area (Å²) < 4.78 is 11.2. The first-order chi connectivity index (χ1) is 7.86. The van der Waals surface area contributed by atoms with Crippen molar-refractivity contribution in [3.8, 4) is 11.5 Å². The molecule has 0 spiro atoms. The zero-order chi connectivity index (χ0) is 11.4. The van der Waals surface area contributed by atoms with E-state index in [-0.39, 0.29) is 6.61 Å². The average Bonchev–Trinajstić information content (AvgIpc) is 2.35. The Bertz CT molecular complexity index is 366. The van der Waals surface area contributed by atoms with Crippen LogP contribution in [-0.2, 0) is 6.42 Å². The summed E-state index contributed by atoms with van der Waals surface area (Å²) in [5, 5.41) is 8.87. The van der Waals surface area contributed by atoms with Gasteiger partial charge in [-0.15, -0.1) is 11.8 Å². The van der Waals surface area contributed by atoms with Crippen molar-refractivity contribution >= 4 is 11.8 Å². The Labute approximate surface area is 99.8 Å². The zero-order valence-electron chi connectivity index (χ0n) is 9.36. The fourth-order valence-corrected chi connectivity index (χ4v) is 2.60. The predicted molar refractivity (Wildman–Crippen MR) is 64.6 cm³/mol. The third-order valence-corrected chi connectivity index (χ3v) is 3.41. The Kier molecular flexibility index (Phi) is 3.96. The molecule has 4 heteroatoms. The lowest BCUT2D eigenvalue weighted by Gasteiger charge is -2.22. The van der Waals surface area contributed by atoms with E-state index >= 15 is 0 Å². The van der Waals surface area contributed by atoms with Gasteiger partial charge in [-0.25, -0.2) is 0 Å². The van der Waals surface area contributed by atoms with Crippen LogP contribution in [0.3, 0.4) is 0 Å². The van der Waals surface area contributed by atoms with Gasteiger partial charge in [0, 0.05) is 6.61 Å². The molecule has 2 rings (SSSR count). The van der Waals surface area contributed by atoms with E-state index in [0.717, 1.165) is 29.2 Å². The van der Waals surface area contributed by atoms with Crippen molar-refractivity contribution in [2.75, 3.05) is 26.1 Å². The van der Waals surface area contributed by atoms with Gasteiger partial charge in [0.15, 0.2) is 11.5 Å². The molecule has 0 aliphatic carbocycles. The molecule has 1 aliphatic heterocycles. The van der Waals surface area contributed by atoms with Crippen LogP contribution >= 0.6 is 11.8 Å². The van der Waals surface area contributed by atoms with Crippen LogP contribution in [0.2, 0.25) is 0 Å². The van der Waals surface area contributed by atoms with Gasteiger partial charge in [0.2, 0.25) is 0 Å². The van der Waals surface area contributed by atoms with Gasteiger partial charge < -0.3 is 14.6 Å². The first-order valence-electron chi connectivity index (χ1n) is 5.43. The minimum Gasteiger partial charge on any atom is -0.486 e. The number of aryl methyl sites for hydroxylation is 1. The van der Waals surface area contributed by atoms with Gasteiger partial charge in [0.25, 0.3) is 0 Å². The molecule has 0 radical (unpaired) electrons. The van der Waals surface area contributed by atoms with Crippen molar-refractivity contribution in [3.63, 3.8) is 0 Å². The zero-order valence-corrected chi connectivity index (χ0v) is 10.2. The van der Waals surface area contributed by atoms with Crippen molar-refractivity contribution in [3.05, 3.63) is 17.7 Å². The lowest BCUT2D eigenvalue weighted by Crippen LogP contribution is -2.16. The summed E-state index contributed by atoms with van der Waals surface area (Å²) >= 11 is 1.67. The first kappa shape index (κ1) is 11.6. The Morgan fingerprint density at radius 3 is 2.88 bits per heavy atom. The van der Waals surface area contributed by atoms with E-state index in [1.807, 2.05) is 12.3 Å². The summed E-state index contributed by atoms with van der Waals surface area (Å²) in [6.07, 6.45) is 3.70. The highest BCUT2D eigenvalue weighted by molar-refractivity contribution is 7.98. The molecule has 16 heavy (non-hydrogen) atoms. The lowest BCUT2D eigenvalue weighted by molar-refractivity contribution is 0.167. The third-order valence-electron chi connectivity index (χ3n) is 2.55. The van der Waals surface area contributed by atoms with Gasteiger partial charge in [-0.05, 0) is 30.7 Å². The molecule has 0 saturated heterocycles. The van der Waals surface area contributed by atoms with Gasteiger partial charge in [-0.2, -0.15) is 0 Å². The van der Waals surface area contributed by atoms with Gasteiger partial charge >= 0.3 is 0 Å². The molecule has 1 N–H and O–H groups in total. The predicted octanol–water partition coefficient (Wildman–Crippen LogP) is 2.10. The number of hydrogen-bond donors (Lipinski definition) is 1. The summed E-state index contributed by atoms with van der Waals surface area (Å²) in [6.45, 7) is 1.46. The van der Waals surface area contributed by atoms with E-state index in [1.54, 1.807) is 11.8 Å². The molecule has 0 saturated carbocycles. The first-order valence-corrected chi connectivity index (χ1v) is 6.65. The van der Waals surface area contributed by atoms with Crippen LogP contribution in [0, 0.1) is 0 Å². The molecular formula is C12H16O3S. The summed E-state index contributed by atoms with van der Waals surface area (Å²) in [5.41, 5.74) is 1.23. The number of aliphatic hydroxyl groups is 1. The molecule has 0 aromatic heterocycles. The number of benzene rings is 1. The second-order valence-corrected chi connectivity index (χ2v) is 4.43. The number of thioether (sulfide) groups is 1. The van der Waals surface area contributed by atoms with Crippen molar-refractivity contribution in [2.45, 2.75) is 17.7 Å². The van der Waals surface area contributed by atoms with Crippen LogP contribution in [0.4, 0.5) is 0 Å². The van der Waals surface area contributed by atoms with Crippen molar-refractivity contribution in [2.24, 2.45) is 0 Å². The maximum atomic E-state index is 8.87. The summed E-state index contributed by atoms with van der Waals surface area (Å²) in [5.74, 6) is 1.71. The number of ether oxygens (including phenoxy) is 2. The van der Waals surface area contributed by atoms with Crippen LogP contribution in [-0.4, -0.2) is 31.2 Å². The lowest BCUT2D eigenvalue weighted by atomic mass is 10.1. The Hall–Kier alpha value is -0.870. The summed E-state index contributed by atoms with van der Waals surface area (Å²) in [6, 6.07) is 4.02. The highest BCUT2D eigenvalue weighted by Crippen LogP contribution is 2.41. The number of aliphatic hydroxyl groups excluding tert-OH is 1. The van der Waals surface area contributed by atoms with Crippen LogP contribution < -0.4 is 9.47 Å². The van der Waals surface area contributed by atoms with Gasteiger partial charge in [-0.1, -0.05) is 6.07 Å². The van der Waals surface area contributed by atoms with Gasteiger partial charge in [-0.3, -0.25) is 0 Å². The van der Waals surface area contributed by atoms with Crippen molar-refractivity contribution in [1.82, 2.24) is 0 Å². The summed E-state index contributed by atoms with van der Waals surface area (Å²) in [4.78, 5) is 1.14. The second kappa shape index (κ2) is 5.46. The van der Waals surface area contributed by atoms with E-state index in [2.05, 4.69) is 6.07 Å². The van der Waals surface area contributed by atoms with Gasteiger partial charge in [0.05, 0.1) is 4.90 Å². The van der Waals surface area contributed by atoms with Crippen LogP contribution in [0.25, 0.3) is 0 Å². The molecule has 88 valence electrons. The monoisotopic (exact) mass is 240 g/mol. The molecular weight excluding hydrogens is 224 g/mol. The second-order valence-electron chi connectivity index (χ2n) is 3.61. The minimum absolute atomic E-state index is 0.224. The number of hydrogen-bond acceptors (Lipinski definition) is 4. The minimum atomic E-state index is 0.224. The fraction of sp³-hybridized carbons (Fsp3) is 0.500. The fourth-order valence-electron chi connectivity index (χ4n) is 1.82. The molecule has 3 nitrogen and oxygen atoms in total.